The van der Waals surface area contributed by atoms with E-state index in [1.54, 1.807) is 18.2 Å². The molecule has 1 aliphatic rings. The van der Waals surface area contributed by atoms with Gasteiger partial charge in [0, 0.05) is 37.9 Å². The molecular formula is C21H27ClN4O2. The van der Waals surface area contributed by atoms with Crippen LogP contribution in [0, 0.1) is 13.8 Å². The van der Waals surface area contributed by atoms with Crippen LogP contribution < -0.4 is 5.32 Å². The zero-order chi connectivity index (χ0) is 20.3. The standard InChI is InChI=1S/C21H27ClN4O2/c1-14-17(15(2)25(3)24-14)9-10-20(27)23-16-7-8-18(19(22)13-16)21(28)26-11-5-4-6-12-26/h7-8,13H,4-6,9-12H2,1-3H3,(H,23,27). The van der Waals surface area contributed by atoms with Gasteiger partial charge in [-0.2, -0.15) is 5.10 Å². The van der Waals surface area contributed by atoms with Crippen molar-refractivity contribution in [3.8, 4) is 0 Å². The zero-order valence-electron chi connectivity index (χ0n) is 16.7. The van der Waals surface area contributed by atoms with Crippen LogP contribution in [0.4, 0.5) is 5.69 Å². The molecule has 150 valence electrons. The van der Waals surface area contributed by atoms with Crippen molar-refractivity contribution < 1.29 is 9.59 Å². The zero-order valence-corrected chi connectivity index (χ0v) is 17.5. The van der Waals surface area contributed by atoms with Crippen LogP contribution in [0.2, 0.25) is 5.02 Å². The molecule has 1 saturated heterocycles. The van der Waals surface area contributed by atoms with Gasteiger partial charge in [-0.25, -0.2) is 0 Å². The highest BCUT2D eigenvalue weighted by Crippen LogP contribution is 2.24. The fourth-order valence-electron chi connectivity index (χ4n) is 3.67. The smallest absolute Gasteiger partial charge is 0.255 e. The quantitative estimate of drug-likeness (QED) is 0.824. The maximum atomic E-state index is 12.6. The first kappa shape index (κ1) is 20.4. The summed E-state index contributed by atoms with van der Waals surface area (Å²) in [6, 6.07) is 5.09. The number of benzene rings is 1. The van der Waals surface area contributed by atoms with Crippen LogP contribution in [0.25, 0.3) is 0 Å². The Kier molecular flexibility index (Phi) is 6.39. The number of carbonyl (C=O) groups excluding carboxylic acids is 2. The topological polar surface area (TPSA) is 67.2 Å². The molecule has 1 aromatic carbocycles. The second kappa shape index (κ2) is 8.78. The lowest BCUT2D eigenvalue weighted by atomic mass is 10.1. The number of likely N-dealkylation sites (tertiary alicyclic amines) is 1. The Morgan fingerprint density at radius 3 is 2.50 bits per heavy atom. The minimum Gasteiger partial charge on any atom is -0.339 e. The summed E-state index contributed by atoms with van der Waals surface area (Å²) in [4.78, 5) is 26.8. The maximum Gasteiger partial charge on any atom is 0.255 e. The number of anilines is 1. The van der Waals surface area contributed by atoms with Gasteiger partial charge in [-0.15, -0.1) is 0 Å². The number of rotatable bonds is 5. The van der Waals surface area contributed by atoms with E-state index in [2.05, 4.69) is 10.4 Å². The van der Waals surface area contributed by atoms with Gasteiger partial charge in [0.25, 0.3) is 5.91 Å². The summed E-state index contributed by atoms with van der Waals surface area (Å²) in [5.41, 5.74) is 4.23. The fourth-order valence-corrected chi connectivity index (χ4v) is 3.94. The molecule has 1 fully saturated rings. The number of hydrogen-bond donors (Lipinski definition) is 1. The Morgan fingerprint density at radius 2 is 1.89 bits per heavy atom. The molecular weight excluding hydrogens is 376 g/mol. The summed E-state index contributed by atoms with van der Waals surface area (Å²) in [5, 5.41) is 7.62. The highest BCUT2D eigenvalue weighted by atomic mass is 35.5. The Hall–Kier alpha value is -2.34. The third kappa shape index (κ3) is 4.55. The van der Waals surface area contributed by atoms with Crippen molar-refractivity contribution in [1.82, 2.24) is 14.7 Å². The van der Waals surface area contributed by atoms with Gasteiger partial charge in [-0.3, -0.25) is 14.3 Å². The van der Waals surface area contributed by atoms with Crippen LogP contribution in [-0.2, 0) is 18.3 Å². The second-order valence-corrected chi connectivity index (χ2v) is 7.78. The average Bonchev–Trinajstić information content (AvgIpc) is 2.92. The van der Waals surface area contributed by atoms with Gasteiger partial charge < -0.3 is 10.2 Å². The molecule has 1 N–H and O–H groups in total. The molecule has 2 amide bonds. The van der Waals surface area contributed by atoms with E-state index in [9.17, 15) is 9.59 Å². The molecule has 0 unspecified atom stereocenters. The molecule has 0 atom stereocenters. The van der Waals surface area contributed by atoms with Crippen molar-refractivity contribution >= 4 is 29.1 Å². The highest BCUT2D eigenvalue weighted by molar-refractivity contribution is 6.34. The van der Waals surface area contributed by atoms with Crippen molar-refractivity contribution in [3.05, 3.63) is 45.7 Å². The van der Waals surface area contributed by atoms with Gasteiger partial charge in [-0.05, 0) is 63.3 Å². The minimum absolute atomic E-state index is 0.0369. The van der Waals surface area contributed by atoms with E-state index >= 15 is 0 Å². The Morgan fingerprint density at radius 1 is 1.18 bits per heavy atom. The molecule has 2 aromatic rings. The van der Waals surface area contributed by atoms with Crippen LogP contribution in [0.15, 0.2) is 18.2 Å². The average molecular weight is 403 g/mol. The van der Waals surface area contributed by atoms with Crippen LogP contribution in [0.1, 0.15) is 53.0 Å². The van der Waals surface area contributed by atoms with Crippen molar-refractivity contribution in [1.29, 1.82) is 0 Å². The van der Waals surface area contributed by atoms with Crippen molar-refractivity contribution in [2.45, 2.75) is 46.0 Å². The third-order valence-corrected chi connectivity index (χ3v) is 5.70. The van der Waals surface area contributed by atoms with E-state index < -0.39 is 0 Å². The lowest BCUT2D eigenvalue weighted by Gasteiger charge is -2.27. The Bertz CT molecular complexity index is 885. The predicted octanol–water partition coefficient (Wildman–Crippen LogP) is 3.89. The Labute approximate surface area is 170 Å². The van der Waals surface area contributed by atoms with Crippen LogP contribution in [0.3, 0.4) is 0 Å². The van der Waals surface area contributed by atoms with E-state index in [-0.39, 0.29) is 11.8 Å². The summed E-state index contributed by atoms with van der Waals surface area (Å²) in [5.74, 6) is -0.126. The number of piperidine rings is 1. The van der Waals surface area contributed by atoms with Gasteiger partial charge in [-0.1, -0.05) is 11.6 Å². The molecule has 0 saturated carbocycles. The first-order valence-corrected chi connectivity index (χ1v) is 10.1. The molecule has 0 aliphatic carbocycles. The first-order valence-electron chi connectivity index (χ1n) is 9.74. The first-order chi connectivity index (χ1) is 13.4. The number of halogens is 1. The Balaban J connectivity index is 1.60. The molecule has 28 heavy (non-hydrogen) atoms. The van der Waals surface area contributed by atoms with E-state index in [1.165, 1.54) is 6.42 Å². The summed E-state index contributed by atoms with van der Waals surface area (Å²) in [6.45, 7) is 5.52. The SMILES string of the molecule is Cc1nn(C)c(C)c1CCC(=O)Nc1ccc(C(=O)N2CCCCC2)c(Cl)c1. The fraction of sp³-hybridized carbons (Fsp3) is 0.476. The number of amides is 2. The largest absolute Gasteiger partial charge is 0.339 e. The summed E-state index contributed by atoms with van der Waals surface area (Å²) in [7, 11) is 1.90. The van der Waals surface area contributed by atoms with E-state index in [1.807, 2.05) is 30.5 Å². The van der Waals surface area contributed by atoms with Gasteiger partial charge in [0.1, 0.15) is 0 Å². The normalized spacial score (nSPS) is 14.2. The van der Waals surface area contributed by atoms with Gasteiger partial charge in [0.05, 0.1) is 16.3 Å². The van der Waals surface area contributed by atoms with Gasteiger partial charge in [0.15, 0.2) is 0 Å². The summed E-state index contributed by atoms with van der Waals surface area (Å²) < 4.78 is 1.83. The monoisotopic (exact) mass is 402 g/mol. The molecule has 7 heteroatoms. The van der Waals surface area contributed by atoms with Crippen molar-refractivity contribution in [2.75, 3.05) is 18.4 Å². The molecule has 2 heterocycles. The van der Waals surface area contributed by atoms with Crippen LogP contribution in [0.5, 0.6) is 0 Å². The van der Waals surface area contributed by atoms with Gasteiger partial charge >= 0.3 is 0 Å². The van der Waals surface area contributed by atoms with E-state index in [0.29, 0.717) is 29.1 Å². The summed E-state index contributed by atoms with van der Waals surface area (Å²) >= 11 is 6.33. The molecule has 0 spiro atoms. The number of nitrogens with zero attached hydrogens (tertiary/aromatic N) is 3. The number of carbonyl (C=O) groups is 2. The lowest BCUT2D eigenvalue weighted by molar-refractivity contribution is -0.116. The minimum atomic E-state index is -0.0890. The number of aromatic nitrogens is 2. The highest BCUT2D eigenvalue weighted by Gasteiger charge is 2.20. The second-order valence-electron chi connectivity index (χ2n) is 7.37. The summed E-state index contributed by atoms with van der Waals surface area (Å²) in [6.07, 6.45) is 4.23. The van der Waals surface area contributed by atoms with Gasteiger partial charge in [0.2, 0.25) is 5.91 Å². The maximum absolute atomic E-state index is 12.6. The predicted molar refractivity (Wildman–Crippen MR) is 111 cm³/mol. The van der Waals surface area contributed by atoms with E-state index in [0.717, 1.165) is 42.9 Å². The van der Waals surface area contributed by atoms with Crippen molar-refractivity contribution in [3.63, 3.8) is 0 Å². The van der Waals surface area contributed by atoms with E-state index in [4.69, 9.17) is 11.6 Å². The molecule has 0 radical (unpaired) electrons. The molecule has 1 aliphatic heterocycles. The third-order valence-electron chi connectivity index (χ3n) is 5.39. The van der Waals surface area contributed by atoms with Crippen molar-refractivity contribution in [2.24, 2.45) is 7.05 Å². The number of hydrogen-bond acceptors (Lipinski definition) is 3. The molecule has 0 bridgehead atoms. The lowest BCUT2D eigenvalue weighted by Crippen LogP contribution is -2.35. The molecule has 6 nitrogen and oxygen atoms in total. The number of nitrogens with one attached hydrogen (secondary N) is 1. The van der Waals surface area contributed by atoms with Crippen LogP contribution >= 0.6 is 11.6 Å². The molecule has 3 rings (SSSR count). The molecule has 1 aromatic heterocycles. The number of aryl methyl sites for hydroxylation is 2. The van der Waals surface area contributed by atoms with Crippen LogP contribution in [-0.4, -0.2) is 39.6 Å².